The van der Waals surface area contributed by atoms with Gasteiger partial charge in [-0.25, -0.2) is 0 Å². The van der Waals surface area contributed by atoms with Crippen molar-refractivity contribution in [3.8, 4) is 0 Å². The number of hydrogen-bond acceptors (Lipinski definition) is 3. The first-order valence-corrected chi connectivity index (χ1v) is 4.98. The molecule has 1 aromatic heterocycles. The van der Waals surface area contributed by atoms with Gasteiger partial charge in [-0.3, -0.25) is 14.6 Å². The van der Waals surface area contributed by atoms with Crippen LogP contribution in [0.1, 0.15) is 31.4 Å². The first kappa shape index (κ1) is 12.2. The molecule has 1 aromatic rings. The number of aliphatic carboxylic acids is 1. The molecule has 1 heterocycles. The maximum absolute atomic E-state index is 11.0. The highest BCUT2D eigenvalue weighted by Crippen LogP contribution is 2.17. The summed E-state index contributed by atoms with van der Waals surface area (Å²) in [6.45, 7) is 1.41. The Kier molecular flexibility index (Phi) is 4.44. The van der Waals surface area contributed by atoms with Crippen molar-refractivity contribution in [1.29, 1.82) is 0 Å². The number of carbonyl (C=O) groups is 2. The third-order valence-corrected chi connectivity index (χ3v) is 2.11. The van der Waals surface area contributed by atoms with Crippen LogP contribution in [0.2, 0.25) is 0 Å². The fourth-order valence-electron chi connectivity index (χ4n) is 1.42. The summed E-state index contributed by atoms with van der Waals surface area (Å²) < 4.78 is 0. The molecule has 0 aliphatic rings. The number of amides is 1. The molecule has 1 amide bonds. The van der Waals surface area contributed by atoms with E-state index in [1.54, 1.807) is 18.5 Å². The fraction of sp³-hybridized carbons (Fsp3) is 0.364. The smallest absolute Gasteiger partial charge is 0.303 e. The molecule has 0 aliphatic carbocycles. The summed E-state index contributed by atoms with van der Waals surface area (Å²) in [5.74, 6) is -1.06. The lowest BCUT2D eigenvalue weighted by molar-refractivity contribution is -0.137. The fourth-order valence-corrected chi connectivity index (χ4v) is 1.42. The van der Waals surface area contributed by atoms with Crippen LogP contribution in [-0.2, 0) is 9.59 Å². The Morgan fingerprint density at radius 1 is 1.56 bits per heavy atom. The van der Waals surface area contributed by atoms with Crippen LogP contribution in [0, 0.1) is 0 Å². The highest BCUT2D eigenvalue weighted by Gasteiger charge is 2.14. The molecular formula is C11H14N2O3. The molecule has 0 fully saturated rings. The van der Waals surface area contributed by atoms with Crippen molar-refractivity contribution in [2.75, 3.05) is 0 Å². The molecule has 0 saturated carbocycles. The molecule has 5 heteroatoms. The number of pyridine rings is 1. The van der Waals surface area contributed by atoms with Gasteiger partial charge in [0.15, 0.2) is 0 Å². The number of rotatable bonds is 5. The number of carboxylic acid groups (broad SMARTS) is 1. The predicted molar refractivity (Wildman–Crippen MR) is 57.7 cm³/mol. The summed E-state index contributed by atoms with van der Waals surface area (Å²) in [6.07, 6.45) is 3.63. The average Bonchev–Trinajstić information content (AvgIpc) is 2.25. The quantitative estimate of drug-likeness (QED) is 0.782. The van der Waals surface area contributed by atoms with Crippen LogP contribution in [0.15, 0.2) is 24.5 Å². The largest absolute Gasteiger partial charge is 0.481 e. The molecule has 0 aromatic carbocycles. The molecule has 16 heavy (non-hydrogen) atoms. The van der Waals surface area contributed by atoms with E-state index in [0.29, 0.717) is 6.42 Å². The van der Waals surface area contributed by atoms with Gasteiger partial charge in [0.05, 0.1) is 6.04 Å². The molecular weight excluding hydrogens is 208 g/mol. The topological polar surface area (TPSA) is 79.3 Å². The van der Waals surface area contributed by atoms with Crippen LogP contribution in [0.5, 0.6) is 0 Å². The zero-order valence-corrected chi connectivity index (χ0v) is 9.01. The maximum Gasteiger partial charge on any atom is 0.303 e. The summed E-state index contributed by atoms with van der Waals surface area (Å²) in [7, 11) is 0. The first-order chi connectivity index (χ1) is 7.59. The highest BCUT2D eigenvalue weighted by atomic mass is 16.4. The second-order valence-corrected chi connectivity index (χ2v) is 3.47. The predicted octanol–water partition coefficient (Wildman–Crippen LogP) is 1.12. The van der Waals surface area contributed by atoms with Gasteiger partial charge in [-0.15, -0.1) is 0 Å². The number of nitrogens with one attached hydrogen (secondary N) is 1. The molecule has 0 bridgehead atoms. The van der Waals surface area contributed by atoms with E-state index in [-0.39, 0.29) is 18.4 Å². The van der Waals surface area contributed by atoms with Gasteiger partial charge in [-0.05, 0) is 18.1 Å². The summed E-state index contributed by atoms with van der Waals surface area (Å²) in [6, 6.07) is 3.28. The van der Waals surface area contributed by atoms with Gasteiger partial charge in [-0.2, -0.15) is 0 Å². The number of nitrogens with zero attached hydrogens (tertiary/aromatic N) is 1. The van der Waals surface area contributed by atoms with Crippen molar-refractivity contribution >= 4 is 11.9 Å². The molecule has 5 nitrogen and oxygen atoms in total. The normalized spacial score (nSPS) is 11.8. The Morgan fingerprint density at radius 2 is 2.31 bits per heavy atom. The van der Waals surface area contributed by atoms with Crippen molar-refractivity contribution in [3.05, 3.63) is 30.1 Å². The molecule has 0 radical (unpaired) electrons. The van der Waals surface area contributed by atoms with Crippen LogP contribution in [0.25, 0.3) is 0 Å². The summed E-state index contributed by atoms with van der Waals surface area (Å²) >= 11 is 0. The molecule has 0 aliphatic heterocycles. The molecule has 0 saturated heterocycles. The van der Waals surface area contributed by atoms with E-state index in [9.17, 15) is 9.59 Å². The van der Waals surface area contributed by atoms with Crippen LogP contribution < -0.4 is 5.32 Å². The van der Waals surface area contributed by atoms with E-state index < -0.39 is 5.97 Å². The van der Waals surface area contributed by atoms with Crippen molar-refractivity contribution in [2.24, 2.45) is 0 Å². The Bertz CT molecular complexity index is 365. The van der Waals surface area contributed by atoms with E-state index >= 15 is 0 Å². The monoisotopic (exact) mass is 222 g/mol. The van der Waals surface area contributed by atoms with E-state index in [0.717, 1.165) is 5.56 Å². The average molecular weight is 222 g/mol. The zero-order valence-electron chi connectivity index (χ0n) is 9.01. The van der Waals surface area contributed by atoms with Crippen LogP contribution in [0.4, 0.5) is 0 Å². The standard InChI is InChI=1S/C11H14N2O3/c1-8(14)13-10(4-5-11(15)16)9-3-2-6-12-7-9/h2-3,6-7,10H,4-5H2,1H3,(H,13,14)(H,15,16). The van der Waals surface area contributed by atoms with Gasteiger partial charge in [0.1, 0.15) is 0 Å². The van der Waals surface area contributed by atoms with Crippen LogP contribution in [-0.4, -0.2) is 22.0 Å². The lowest BCUT2D eigenvalue weighted by Gasteiger charge is -2.16. The Labute approximate surface area is 93.5 Å². The molecule has 1 atom stereocenters. The molecule has 1 rings (SSSR count). The Balaban J connectivity index is 2.71. The third-order valence-electron chi connectivity index (χ3n) is 2.11. The summed E-state index contributed by atoms with van der Waals surface area (Å²) in [4.78, 5) is 25.4. The lowest BCUT2D eigenvalue weighted by atomic mass is 10.0. The van der Waals surface area contributed by atoms with Gasteiger partial charge < -0.3 is 10.4 Å². The highest BCUT2D eigenvalue weighted by molar-refractivity contribution is 5.73. The number of aromatic nitrogens is 1. The zero-order chi connectivity index (χ0) is 12.0. The van der Waals surface area contributed by atoms with E-state index in [4.69, 9.17) is 5.11 Å². The van der Waals surface area contributed by atoms with Crippen LogP contribution in [0.3, 0.4) is 0 Å². The van der Waals surface area contributed by atoms with E-state index in [1.165, 1.54) is 6.92 Å². The van der Waals surface area contributed by atoms with Gasteiger partial charge in [0.2, 0.25) is 5.91 Å². The van der Waals surface area contributed by atoms with Crippen molar-refractivity contribution in [3.63, 3.8) is 0 Å². The minimum Gasteiger partial charge on any atom is -0.481 e. The van der Waals surface area contributed by atoms with Gasteiger partial charge in [0.25, 0.3) is 0 Å². The third kappa shape index (κ3) is 4.08. The maximum atomic E-state index is 11.0. The number of hydrogen-bond donors (Lipinski definition) is 2. The van der Waals surface area contributed by atoms with Crippen molar-refractivity contribution in [2.45, 2.75) is 25.8 Å². The molecule has 0 spiro atoms. The van der Waals surface area contributed by atoms with Crippen molar-refractivity contribution in [1.82, 2.24) is 10.3 Å². The minimum atomic E-state index is -0.876. The second-order valence-electron chi connectivity index (χ2n) is 3.47. The van der Waals surface area contributed by atoms with Crippen molar-refractivity contribution < 1.29 is 14.7 Å². The van der Waals surface area contributed by atoms with Gasteiger partial charge in [0, 0.05) is 25.7 Å². The second kappa shape index (κ2) is 5.85. The van der Waals surface area contributed by atoms with Gasteiger partial charge in [-0.1, -0.05) is 6.07 Å². The van der Waals surface area contributed by atoms with E-state index in [1.807, 2.05) is 6.07 Å². The van der Waals surface area contributed by atoms with E-state index in [2.05, 4.69) is 10.3 Å². The lowest BCUT2D eigenvalue weighted by Crippen LogP contribution is -2.26. The van der Waals surface area contributed by atoms with Gasteiger partial charge >= 0.3 is 5.97 Å². The number of carbonyl (C=O) groups excluding carboxylic acids is 1. The first-order valence-electron chi connectivity index (χ1n) is 4.98. The summed E-state index contributed by atoms with van der Waals surface area (Å²) in [5, 5.41) is 11.3. The van der Waals surface area contributed by atoms with Crippen LogP contribution >= 0.6 is 0 Å². The molecule has 86 valence electrons. The SMILES string of the molecule is CC(=O)NC(CCC(=O)O)c1cccnc1. The minimum absolute atomic E-state index is 0.0137. The summed E-state index contributed by atoms with van der Waals surface area (Å²) in [5.41, 5.74) is 0.818. The Morgan fingerprint density at radius 3 is 2.81 bits per heavy atom. The molecule has 2 N–H and O–H groups in total. The number of carboxylic acids is 1. The molecule has 1 unspecified atom stereocenters. The Hall–Kier alpha value is -1.91.